The smallest absolute Gasteiger partial charge is 0.341 e. The quantitative estimate of drug-likeness (QED) is 0.494. The summed E-state index contributed by atoms with van der Waals surface area (Å²) in [6, 6.07) is 15.2. The highest BCUT2D eigenvalue weighted by Crippen LogP contribution is 2.28. The van der Waals surface area contributed by atoms with Gasteiger partial charge in [-0.3, -0.25) is 4.79 Å². The molecule has 4 aromatic rings. The maximum atomic E-state index is 12.5. The van der Waals surface area contributed by atoms with Gasteiger partial charge in [0.25, 0.3) is 6.01 Å². The molecule has 32 heavy (non-hydrogen) atoms. The van der Waals surface area contributed by atoms with Gasteiger partial charge < -0.3 is 24.3 Å². The number of anilines is 2. The summed E-state index contributed by atoms with van der Waals surface area (Å²) in [7, 11) is 1.72. The van der Waals surface area contributed by atoms with Gasteiger partial charge in [0.05, 0.1) is 5.69 Å². The summed E-state index contributed by atoms with van der Waals surface area (Å²) < 4.78 is 7.38. The van der Waals surface area contributed by atoms with E-state index in [0.29, 0.717) is 28.5 Å². The van der Waals surface area contributed by atoms with Crippen molar-refractivity contribution < 1.29 is 14.3 Å². The second-order valence-electron chi connectivity index (χ2n) is 7.77. The van der Waals surface area contributed by atoms with Gasteiger partial charge in [0.2, 0.25) is 0 Å². The number of nitrogens with one attached hydrogen (secondary N) is 1. The predicted molar refractivity (Wildman–Crippen MR) is 123 cm³/mol. The number of rotatable bonds is 5. The maximum absolute atomic E-state index is 12.5. The number of aromatic nitrogens is 2. The van der Waals surface area contributed by atoms with E-state index >= 15 is 0 Å². The van der Waals surface area contributed by atoms with Gasteiger partial charge in [-0.2, -0.15) is 4.98 Å². The van der Waals surface area contributed by atoms with E-state index in [-0.39, 0.29) is 5.56 Å². The lowest BCUT2D eigenvalue weighted by atomic mass is 10.1. The van der Waals surface area contributed by atoms with Crippen LogP contribution in [0.3, 0.4) is 0 Å². The monoisotopic (exact) mass is 430 g/mol. The zero-order chi connectivity index (χ0) is 22.2. The first kappa shape index (κ1) is 19.9. The highest BCUT2D eigenvalue weighted by molar-refractivity contribution is 5.88. The zero-order valence-corrected chi connectivity index (χ0v) is 17.5. The van der Waals surface area contributed by atoms with E-state index in [1.54, 1.807) is 23.7 Å². The molecule has 0 bridgehead atoms. The SMILES string of the molecule is CNc1nc2ccc(-n3cc(C(=O)O)c(=O)cc3-c3ccc(N4CCCC4)cc3)cc2o1. The van der Waals surface area contributed by atoms with Crippen molar-refractivity contribution in [1.29, 1.82) is 0 Å². The first-order valence-corrected chi connectivity index (χ1v) is 10.5. The molecule has 1 aliphatic heterocycles. The molecule has 1 saturated heterocycles. The summed E-state index contributed by atoms with van der Waals surface area (Å²) >= 11 is 0. The number of carboxylic acids is 1. The molecule has 3 heterocycles. The van der Waals surface area contributed by atoms with Crippen molar-refractivity contribution in [1.82, 2.24) is 9.55 Å². The van der Waals surface area contributed by atoms with E-state index in [1.807, 2.05) is 30.3 Å². The van der Waals surface area contributed by atoms with E-state index in [2.05, 4.69) is 15.2 Å². The number of hydrogen-bond acceptors (Lipinski definition) is 6. The van der Waals surface area contributed by atoms with Crippen LogP contribution in [0.1, 0.15) is 23.2 Å². The lowest BCUT2D eigenvalue weighted by Crippen LogP contribution is -2.18. The van der Waals surface area contributed by atoms with Gasteiger partial charge in [0, 0.05) is 49.8 Å². The third kappa shape index (κ3) is 3.49. The molecule has 0 amide bonds. The molecule has 2 aromatic carbocycles. The van der Waals surface area contributed by atoms with Crippen LogP contribution in [-0.2, 0) is 0 Å². The van der Waals surface area contributed by atoms with Gasteiger partial charge in [0.1, 0.15) is 11.1 Å². The van der Waals surface area contributed by atoms with Crippen molar-refractivity contribution in [3.63, 3.8) is 0 Å². The highest BCUT2D eigenvalue weighted by Gasteiger charge is 2.17. The number of benzene rings is 2. The van der Waals surface area contributed by atoms with Crippen molar-refractivity contribution in [3.05, 3.63) is 70.5 Å². The van der Waals surface area contributed by atoms with Gasteiger partial charge in [-0.1, -0.05) is 12.1 Å². The first-order valence-electron chi connectivity index (χ1n) is 10.5. The van der Waals surface area contributed by atoms with Crippen LogP contribution in [0.2, 0.25) is 0 Å². The third-order valence-corrected chi connectivity index (χ3v) is 5.78. The molecule has 8 nitrogen and oxygen atoms in total. The van der Waals surface area contributed by atoms with Crippen LogP contribution in [0, 0.1) is 0 Å². The molecule has 8 heteroatoms. The number of hydrogen-bond donors (Lipinski definition) is 2. The summed E-state index contributed by atoms with van der Waals surface area (Å²) in [5, 5.41) is 12.4. The Morgan fingerprint density at radius 1 is 1.06 bits per heavy atom. The fraction of sp³-hybridized carbons (Fsp3) is 0.208. The molecule has 2 N–H and O–H groups in total. The molecule has 0 unspecified atom stereocenters. The van der Waals surface area contributed by atoms with Crippen molar-refractivity contribution in [3.8, 4) is 16.9 Å². The number of pyridine rings is 1. The molecule has 5 rings (SSSR count). The molecule has 0 aliphatic carbocycles. The molecular weight excluding hydrogens is 408 g/mol. The second kappa shape index (κ2) is 7.88. The Bertz CT molecular complexity index is 1370. The molecular formula is C24H22N4O4. The fourth-order valence-corrected chi connectivity index (χ4v) is 4.12. The van der Waals surface area contributed by atoms with Gasteiger partial charge in [-0.15, -0.1) is 0 Å². The Balaban J connectivity index is 1.65. The van der Waals surface area contributed by atoms with Crippen LogP contribution < -0.4 is 15.6 Å². The van der Waals surface area contributed by atoms with E-state index in [0.717, 1.165) is 24.3 Å². The summed E-state index contributed by atoms with van der Waals surface area (Å²) in [4.78, 5) is 30.8. The van der Waals surface area contributed by atoms with Crippen LogP contribution in [0.5, 0.6) is 0 Å². The van der Waals surface area contributed by atoms with Crippen molar-refractivity contribution in [2.75, 3.05) is 30.4 Å². The topological polar surface area (TPSA) is 101 Å². The Labute approximate surface area is 183 Å². The number of carboxylic acid groups (broad SMARTS) is 1. The highest BCUT2D eigenvalue weighted by atomic mass is 16.4. The van der Waals surface area contributed by atoms with Crippen LogP contribution in [-0.4, -0.2) is 40.8 Å². The number of fused-ring (bicyclic) bond motifs is 1. The van der Waals surface area contributed by atoms with Gasteiger partial charge >= 0.3 is 5.97 Å². The average Bonchev–Trinajstić information content (AvgIpc) is 3.48. The number of oxazole rings is 1. The second-order valence-corrected chi connectivity index (χ2v) is 7.77. The molecule has 2 aromatic heterocycles. The molecule has 0 saturated carbocycles. The molecule has 0 atom stereocenters. The third-order valence-electron chi connectivity index (χ3n) is 5.78. The first-order chi connectivity index (χ1) is 15.5. The minimum atomic E-state index is -1.27. The Morgan fingerprint density at radius 3 is 2.47 bits per heavy atom. The largest absolute Gasteiger partial charge is 0.477 e. The summed E-state index contributed by atoms with van der Waals surface area (Å²) in [6.45, 7) is 2.09. The summed E-state index contributed by atoms with van der Waals surface area (Å²) in [6.07, 6.45) is 3.75. The van der Waals surface area contributed by atoms with Gasteiger partial charge in [0.15, 0.2) is 11.0 Å². The van der Waals surface area contributed by atoms with Crippen molar-refractivity contribution in [2.45, 2.75) is 12.8 Å². The number of nitrogens with zero attached hydrogens (tertiary/aromatic N) is 3. The standard InChI is InChI=1S/C24H22N4O4/c1-25-24-26-19-9-8-17(12-22(19)32-24)28-14-18(23(30)31)21(29)13-20(28)15-4-6-16(7-5-15)27-10-2-3-11-27/h4-9,12-14H,2-3,10-11H2,1H3,(H,25,26)(H,30,31). The minimum absolute atomic E-state index is 0.295. The zero-order valence-electron chi connectivity index (χ0n) is 17.5. The lowest BCUT2D eigenvalue weighted by molar-refractivity contribution is 0.0695. The summed E-state index contributed by atoms with van der Waals surface area (Å²) in [5.41, 5.74) is 3.62. The fourth-order valence-electron chi connectivity index (χ4n) is 4.12. The van der Waals surface area contributed by atoms with Crippen LogP contribution in [0.25, 0.3) is 28.0 Å². The van der Waals surface area contributed by atoms with E-state index < -0.39 is 11.4 Å². The molecule has 1 aliphatic rings. The van der Waals surface area contributed by atoms with Gasteiger partial charge in [-0.25, -0.2) is 4.79 Å². The molecule has 1 fully saturated rings. The molecule has 162 valence electrons. The Hall–Kier alpha value is -4.07. The van der Waals surface area contributed by atoms with Crippen LogP contribution >= 0.6 is 0 Å². The Morgan fingerprint density at radius 2 is 1.78 bits per heavy atom. The van der Waals surface area contributed by atoms with E-state index in [9.17, 15) is 14.7 Å². The molecule has 0 spiro atoms. The predicted octanol–water partition coefficient (Wildman–Crippen LogP) is 3.99. The normalized spacial score (nSPS) is 13.6. The number of carbonyl (C=O) groups is 1. The van der Waals surface area contributed by atoms with Crippen molar-refractivity contribution >= 4 is 28.8 Å². The van der Waals surface area contributed by atoms with E-state index in [4.69, 9.17) is 4.42 Å². The van der Waals surface area contributed by atoms with Crippen LogP contribution in [0.4, 0.5) is 11.7 Å². The minimum Gasteiger partial charge on any atom is -0.477 e. The molecule has 0 radical (unpaired) electrons. The van der Waals surface area contributed by atoms with Gasteiger partial charge in [-0.05, 0) is 42.7 Å². The average molecular weight is 430 g/mol. The maximum Gasteiger partial charge on any atom is 0.341 e. The number of aromatic carboxylic acids is 1. The van der Waals surface area contributed by atoms with Crippen LogP contribution in [0.15, 0.2) is 63.9 Å². The Kier molecular flexibility index (Phi) is 4.89. The summed E-state index contributed by atoms with van der Waals surface area (Å²) in [5.74, 6) is -1.27. The lowest BCUT2D eigenvalue weighted by Gasteiger charge is -2.19. The van der Waals surface area contributed by atoms with Crippen molar-refractivity contribution in [2.24, 2.45) is 0 Å². The van der Waals surface area contributed by atoms with E-state index in [1.165, 1.54) is 25.1 Å².